The van der Waals surface area contributed by atoms with E-state index in [0.717, 1.165) is 13.1 Å². The van der Waals surface area contributed by atoms with Gasteiger partial charge in [0.05, 0.1) is 0 Å². The molecule has 0 aromatic heterocycles. The number of hydrogen-bond donors (Lipinski definition) is 2. The molecule has 20 heavy (non-hydrogen) atoms. The summed E-state index contributed by atoms with van der Waals surface area (Å²) in [7, 11) is 0. The van der Waals surface area contributed by atoms with Crippen molar-refractivity contribution in [1.29, 1.82) is 0 Å². The van der Waals surface area contributed by atoms with Crippen molar-refractivity contribution in [2.45, 2.75) is 37.3 Å². The fraction of sp³-hybridized carbons (Fsp3) is 0.444. The summed E-state index contributed by atoms with van der Waals surface area (Å²) in [5.41, 5.74) is 1.52. The minimum absolute atomic E-state index is 0.113. The lowest BCUT2D eigenvalue weighted by molar-refractivity contribution is 0.210. The van der Waals surface area contributed by atoms with Gasteiger partial charge >= 0.3 is 0 Å². The predicted molar refractivity (Wildman–Crippen MR) is 86.8 cm³/mol. The van der Waals surface area contributed by atoms with Crippen LogP contribution in [0.25, 0.3) is 0 Å². The Morgan fingerprint density at radius 1 is 1.05 bits per heavy atom. The van der Waals surface area contributed by atoms with Crippen LogP contribution in [-0.2, 0) is 5.54 Å². The maximum atomic E-state index is 3.84. The van der Waals surface area contributed by atoms with Gasteiger partial charge in [-0.3, -0.25) is 0 Å². The topological polar surface area (TPSA) is 24.1 Å². The van der Waals surface area contributed by atoms with Gasteiger partial charge in [0.25, 0.3) is 0 Å². The lowest BCUT2D eigenvalue weighted by Crippen LogP contribution is -2.48. The van der Waals surface area contributed by atoms with E-state index in [-0.39, 0.29) is 5.54 Å². The van der Waals surface area contributed by atoms with Crippen LogP contribution in [0.3, 0.4) is 0 Å². The molecule has 1 saturated carbocycles. The van der Waals surface area contributed by atoms with E-state index in [1.54, 1.807) is 0 Å². The van der Waals surface area contributed by atoms with Crippen molar-refractivity contribution < 1.29 is 0 Å². The van der Waals surface area contributed by atoms with Crippen molar-refractivity contribution in [2.24, 2.45) is 0 Å². The van der Waals surface area contributed by atoms with E-state index in [1.165, 1.54) is 31.2 Å². The highest BCUT2D eigenvalue weighted by Gasteiger charge is 2.35. The zero-order valence-electron chi connectivity index (χ0n) is 12.3. The third-order valence-corrected chi connectivity index (χ3v) is 4.30. The first-order valence-electron chi connectivity index (χ1n) is 7.56. The summed E-state index contributed by atoms with van der Waals surface area (Å²) < 4.78 is 0. The van der Waals surface area contributed by atoms with E-state index in [9.17, 15) is 0 Å². The van der Waals surface area contributed by atoms with Crippen LogP contribution in [-0.4, -0.2) is 19.1 Å². The summed E-state index contributed by atoms with van der Waals surface area (Å²) in [5.74, 6) is 0. The predicted octanol–water partition coefficient (Wildman–Crippen LogP) is 3.38. The summed E-state index contributed by atoms with van der Waals surface area (Å²) >= 11 is 0. The van der Waals surface area contributed by atoms with Gasteiger partial charge in [-0.15, -0.1) is 13.2 Å². The average molecular weight is 270 g/mol. The molecule has 1 aliphatic rings. The van der Waals surface area contributed by atoms with Crippen molar-refractivity contribution in [3.05, 3.63) is 61.2 Å². The zero-order chi connectivity index (χ0) is 14.3. The van der Waals surface area contributed by atoms with E-state index < -0.39 is 0 Å². The highest BCUT2D eigenvalue weighted by molar-refractivity contribution is 5.25. The molecule has 2 heteroatoms. The normalized spacial score (nSPS) is 26.1. The Morgan fingerprint density at radius 2 is 1.70 bits per heavy atom. The van der Waals surface area contributed by atoms with Crippen LogP contribution in [0.1, 0.15) is 31.2 Å². The van der Waals surface area contributed by atoms with Gasteiger partial charge in [-0.1, -0.05) is 42.5 Å². The van der Waals surface area contributed by atoms with E-state index in [0.29, 0.717) is 6.04 Å². The molecule has 0 unspecified atom stereocenters. The SMILES string of the molecule is C=CCN[C@H]1CC[C@@](NCC=C)(c2ccccc2)CC1. The summed E-state index contributed by atoms with van der Waals surface area (Å²) in [4.78, 5) is 0. The third kappa shape index (κ3) is 3.59. The van der Waals surface area contributed by atoms with E-state index >= 15 is 0 Å². The van der Waals surface area contributed by atoms with Gasteiger partial charge < -0.3 is 10.6 Å². The Bertz CT molecular complexity index is 416. The molecule has 0 aliphatic heterocycles. The molecule has 0 heterocycles. The number of hydrogen-bond acceptors (Lipinski definition) is 2. The Hall–Kier alpha value is -1.38. The second kappa shape index (κ2) is 7.41. The average Bonchev–Trinajstić information content (AvgIpc) is 2.53. The number of benzene rings is 1. The molecule has 0 amide bonds. The molecule has 0 saturated heterocycles. The van der Waals surface area contributed by atoms with E-state index in [2.05, 4.69) is 54.1 Å². The highest BCUT2D eigenvalue weighted by atomic mass is 15.0. The molecule has 2 rings (SSSR count). The largest absolute Gasteiger partial charge is 0.311 e. The van der Waals surface area contributed by atoms with Gasteiger partial charge in [-0.05, 0) is 31.2 Å². The Kier molecular flexibility index (Phi) is 5.57. The van der Waals surface area contributed by atoms with E-state index in [4.69, 9.17) is 0 Å². The number of nitrogens with one attached hydrogen (secondary N) is 2. The van der Waals surface area contributed by atoms with E-state index in [1.807, 2.05) is 12.2 Å². The molecule has 1 fully saturated rings. The second-order valence-electron chi connectivity index (χ2n) is 5.59. The molecule has 108 valence electrons. The Morgan fingerprint density at radius 3 is 2.30 bits per heavy atom. The molecule has 1 aliphatic carbocycles. The smallest absolute Gasteiger partial charge is 0.0438 e. The van der Waals surface area contributed by atoms with Crippen LogP contribution in [0.5, 0.6) is 0 Å². The van der Waals surface area contributed by atoms with Crippen LogP contribution >= 0.6 is 0 Å². The van der Waals surface area contributed by atoms with Gasteiger partial charge in [-0.25, -0.2) is 0 Å². The van der Waals surface area contributed by atoms with Crippen molar-refractivity contribution >= 4 is 0 Å². The minimum atomic E-state index is 0.113. The summed E-state index contributed by atoms with van der Waals surface area (Å²) in [6, 6.07) is 11.5. The lowest BCUT2D eigenvalue weighted by atomic mass is 9.75. The van der Waals surface area contributed by atoms with Crippen molar-refractivity contribution in [2.75, 3.05) is 13.1 Å². The molecule has 0 radical (unpaired) electrons. The molecule has 2 nitrogen and oxygen atoms in total. The second-order valence-corrected chi connectivity index (χ2v) is 5.59. The zero-order valence-corrected chi connectivity index (χ0v) is 12.3. The fourth-order valence-electron chi connectivity index (χ4n) is 3.16. The maximum Gasteiger partial charge on any atom is 0.0438 e. The molecule has 1 aromatic rings. The van der Waals surface area contributed by atoms with Crippen LogP contribution in [0, 0.1) is 0 Å². The molecular weight excluding hydrogens is 244 g/mol. The van der Waals surface area contributed by atoms with Gasteiger partial charge in [0.1, 0.15) is 0 Å². The fourth-order valence-corrected chi connectivity index (χ4v) is 3.16. The molecule has 0 bridgehead atoms. The monoisotopic (exact) mass is 270 g/mol. The Balaban J connectivity index is 2.07. The molecule has 1 aromatic carbocycles. The van der Waals surface area contributed by atoms with Gasteiger partial charge in [0.2, 0.25) is 0 Å². The van der Waals surface area contributed by atoms with Crippen molar-refractivity contribution in [3.8, 4) is 0 Å². The van der Waals surface area contributed by atoms with Crippen molar-refractivity contribution in [3.63, 3.8) is 0 Å². The minimum Gasteiger partial charge on any atom is -0.311 e. The third-order valence-electron chi connectivity index (χ3n) is 4.30. The molecule has 0 atom stereocenters. The first kappa shape index (κ1) is 15.0. The maximum absolute atomic E-state index is 3.84. The summed E-state index contributed by atoms with van der Waals surface area (Å²) in [6.45, 7) is 9.38. The first-order valence-corrected chi connectivity index (χ1v) is 7.56. The molecule has 0 spiro atoms. The van der Waals surface area contributed by atoms with Gasteiger partial charge in [0, 0.05) is 24.7 Å². The molecule has 2 N–H and O–H groups in total. The lowest BCUT2D eigenvalue weighted by Gasteiger charge is -2.41. The van der Waals surface area contributed by atoms with Gasteiger partial charge in [-0.2, -0.15) is 0 Å². The van der Waals surface area contributed by atoms with Gasteiger partial charge in [0.15, 0.2) is 0 Å². The van der Waals surface area contributed by atoms with Crippen LogP contribution in [0.4, 0.5) is 0 Å². The van der Waals surface area contributed by atoms with Crippen molar-refractivity contribution in [1.82, 2.24) is 10.6 Å². The summed E-state index contributed by atoms with van der Waals surface area (Å²) in [6.07, 6.45) is 8.63. The standard InChI is InChI=1S/C18H26N2/c1-3-14-19-17-10-12-18(13-11-17,20-15-4-2)16-8-6-5-7-9-16/h3-9,17,19-20H,1-2,10-15H2/t17-,18-. The van der Waals surface area contributed by atoms with Crippen LogP contribution < -0.4 is 10.6 Å². The summed E-state index contributed by atoms with van der Waals surface area (Å²) in [5, 5.41) is 7.26. The number of rotatable bonds is 7. The first-order chi connectivity index (χ1) is 9.80. The quantitative estimate of drug-likeness (QED) is 0.742. The molecular formula is C18H26N2. The van der Waals surface area contributed by atoms with Crippen LogP contribution in [0.2, 0.25) is 0 Å². The Labute approximate surface area is 123 Å². The van der Waals surface area contributed by atoms with Crippen LogP contribution in [0.15, 0.2) is 55.6 Å². The highest BCUT2D eigenvalue weighted by Crippen LogP contribution is 2.37.